The van der Waals surface area contributed by atoms with Gasteiger partial charge in [0.15, 0.2) is 0 Å². The Hall–Kier alpha value is -2.45. The van der Waals surface area contributed by atoms with Crippen LogP contribution in [0.4, 0.5) is 0 Å². The summed E-state index contributed by atoms with van der Waals surface area (Å²) in [5, 5.41) is 19.0. The Bertz CT molecular complexity index is 601. The van der Waals surface area contributed by atoms with Gasteiger partial charge in [-0.3, -0.25) is 0 Å². The molecule has 1 aromatic carbocycles. The molecule has 5 heteroatoms. The van der Waals surface area contributed by atoms with Crippen molar-refractivity contribution in [3.05, 3.63) is 53.3 Å². The summed E-state index contributed by atoms with van der Waals surface area (Å²) in [6, 6.07) is 9.07. The third-order valence-electron chi connectivity index (χ3n) is 2.66. The first-order chi connectivity index (χ1) is 9.60. The topological polar surface area (TPSA) is 79.0 Å². The molecule has 1 heterocycles. The van der Waals surface area contributed by atoms with E-state index >= 15 is 0 Å². The molecule has 0 spiro atoms. The summed E-state index contributed by atoms with van der Waals surface area (Å²) < 4.78 is 5.35. The fraction of sp³-hybridized carbons (Fsp3) is 0.267. The minimum Gasteiger partial charge on any atom is -0.461 e. The van der Waals surface area contributed by atoms with Crippen molar-refractivity contribution in [2.45, 2.75) is 26.1 Å². The average molecular weight is 269 g/mol. The van der Waals surface area contributed by atoms with Crippen LogP contribution < -0.4 is 4.74 Å². The van der Waals surface area contributed by atoms with Crippen LogP contribution in [0.25, 0.3) is 0 Å². The first-order valence-electron chi connectivity index (χ1n) is 6.27. The van der Waals surface area contributed by atoms with Crippen LogP contribution in [-0.4, -0.2) is 21.2 Å². The molecule has 0 amide bonds. The molecule has 0 saturated heterocycles. The Labute approximate surface area is 117 Å². The van der Waals surface area contributed by atoms with E-state index in [9.17, 15) is 5.11 Å². The van der Waals surface area contributed by atoms with E-state index in [1.165, 1.54) is 12.4 Å². The number of benzene rings is 1. The SMILES string of the molecule is CC(C)Oc1ncc([C@H](O)c2ccc(C#N)cc2)cn1. The number of nitrogens with zero attached hydrogens (tertiary/aromatic N) is 3. The molecule has 0 aliphatic heterocycles. The fourth-order valence-electron chi connectivity index (χ4n) is 1.67. The zero-order valence-electron chi connectivity index (χ0n) is 11.3. The zero-order valence-corrected chi connectivity index (χ0v) is 11.3. The van der Waals surface area contributed by atoms with Gasteiger partial charge in [-0.1, -0.05) is 12.1 Å². The van der Waals surface area contributed by atoms with Gasteiger partial charge in [0.05, 0.1) is 17.7 Å². The van der Waals surface area contributed by atoms with Gasteiger partial charge in [0.25, 0.3) is 0 Å². The van der Waals surface area contributed by atoms with Crippen molar-refractivity contribution in [1.82, 2.24) is 9.97 Å². The third-order valence-corrected chi connectivity index (χ3v) is 2.66. The van der Waals surface area contributed by atoms with Gasteiger partial charge < -0.3 is 9.84 Å². The number of nitriles is 1. The van der Waals surface area contributed by atoms with Gasteiger partial charge in [-0.25, -0.2) is 9.97 Å². The van der Waals surface area contributed by atoms with Crippen molar-refractivity contribution in [3.63, 3.8) is 0 Å². The van der Waals surface area contributed by atoms with Gasteiger partial charge in [0.1, 0.15) is 6.10 Å². The van der Waals surface area contributed by atoms with Crippen LogP contribution in [0.2, 0.25) is 0 Å². The Balaban J connectivity index is 2.15. The van der Waals surface area contributed by atoms with Gasteiger partial charge in [0, 0.05) is 18.0 Å². The first-order valence-corrected chi connectivity index (χ1v) is 6.27. The Morgan fingerprint density at radius 3 is 2.20 bits per heavy atom. The Morgan fingerprint density at radius 1 is 1.10 bits per heavy atom. The number of hydrogen-bond acceptors (Lipinski definition) is 5. The largest absolute Gasteiger partial charge is 0.461 e. The van der Waals surface area contributed by atoms with Crippen LogP contribution in [0.1, 0.15) is 36.6 Å². The van der Waals surface area contributed by atoms with E-state index in [-0.39, 0.29) is 12.1 Å². The molecular weight excluding hydrogens is 254 g/mol. The molecule has 0 saturated carbocycles. The van der Waals surface area contributed by atoms with Crippen molar-refractivity contribution in [1.29, 1.82) is 5.26 Å². The summed E-state index contributed by atoms with van der Waals surface area (Å²) in [6.45, 7) is 3.78. The molecule has 0 fully saturated rings. The molecule has 0 radical (unpaired) electrons. The second-order valence-electron chi connectivity index (χ2n) is 4.60. The van der Waals surface area contributed by atoms with Gasteiger partial charge in [-0.2, -0.15) is 5.26 Å². The van der Waals surface area contributed by atoms with Crippen molar-refractivity contribution >= 4 is 0 Å². The minimum absolute atomic E-state index is 0.00398. The molecule has 20 heavy (non-hydrogen) atoms. The van der Waals surface area contributed by atoms with Crippen LogP contribution in [0, 0.1) is 11.3 Å². The lowest BCUT2D eigenvalue weighted by Crippen LogP contribution is -2.09. The van der Waals surface area contributed by atoms with E-state index in [1.54, 1.807) is 24.3 Å². The molecular formula is C15H15N3O2. The van der Waals surface area contributed by atoms with E-state index in [2.05, 4.69) is 9.97 Å². The molecule has 1 N–H and O–H groups in total. The zero-order chi connectivity index (χ0) is 14.5. The average Bonchev–Trinajstić information content (AvgIpc) is 2.47. The summed E-state index contributed by atoms with van der Waals surface area (Å²) in [4.78, 5) is 8.11. The van der Waals surface area contributed by atoms with Crippen LogP contribution in [-0.2, 0) is 0 Å². The highest BCUT2D eigenvalue weighted by molar-refractivity contribution is 5.35. The van der Waals surface area contributed by atoms with Gasteiger partial charge in [-0.05, 0) is 31.5 Å². The van der Waals surface area contributed by atoms with Crippen molar-refractivity contribution < 1.29 is 9.84 Å². The number of hydrogen-bond donors (Lipinski definition) is 1. The maximum atomic E-state index is 10.2. The lowest BCUT2D eigenvalue weighted by atomic mass is 10.0. The first kappa shape index (κ1) is 14.0. The monoisotopic (exact) mass is 269 g/mol. The van der Waals surface area contributed by atoms with Gasteiger partial charge in [0.2, 0.25) is 0 Å². The highest BCUT2D eigenvalue weighted by Gasteiger charge is 2.12. The Morgan fingerprint density at radius 2 is 1.70 bits per heavy atom. The van der Waals surface area contributed by atoms with Crippen LogP contribution in [0.3, 0.4) is 0 Å². The van der Waals surface area contributed by atoms with Crippen LogP contribution in [0.5, 0.6) is 6.01 Å². The van der Waals surface area contributed by atoms with Crippen molar-refractivity contribution in [3.8, 4) is 12.1 Å². The molecule has 2 rings (SSSR count). The van der Waals surface area contributed by atoms with Crippen LogP contribution >= 0.6 is 0 Å². The summed E-state index contributed by atoms with van der Waals surface area (Å²) in [7, 11) is 0. The predicted molar refractivity (Wildman–Crippen MR) is 73.0 cm³/mol. The summed E-state index contributed by atoms with van der Waals surface area (Å²) in [5.74, 6) is 0. The molecule has 0 aliphatic carbocycles. The number of rotatable bonds is 4. The van der Waals surface area contributed by atoms with Gasteiger partial charge >= 0.3 is 6.01 Å². The normalized spacial score (nSPS) is 11.9. The molecule has 102 valence electrons. The predicted octanol–water partition coefficient (Wildman–Crippen LogP) is 2.22. The lowest BCUT2D eigenvalue weighted by molar-refractivity contribution is 0.212. The second kappa shape index (κ2) is 6.13. The minimum atomic E-state index is -0.823. The summed E-state index contributed by atoms with van der Waals surface area (Å²) >= 11 is 0. The molecule has 0 unspecified atom stereocenters. The molecule has 1 aromatic heterocycles. The van der Waals surface area contributed by atoms with Crippen molar-refractivity contribution in [2.75, 3.05) is 0 Å². The molecule has 2 aromatic rings. The highest BCUT2D eigenvalue weighted by atomic mass is 16.5. The number of aliphatic hydroxyl groups is 1. The number of ether oxygens (including phenoxy) is 1. The molecule has 5 nitrogen and oxygen atoms in total. The standard InChI is InChI=1S/C15H15N3O2/c1-10(2)20-15-17-8-13(9-18-15)14(19)12-5-3-11(7-16)4-6-12/h3-6,8-10,14,19H,1-2H3/t14-/m1/s1. The quantitative estimate of drug-likeness (QED) is 0.920. The van der Waals surface area contributed by atoms with Gasteiger partial charge in [-0.15, -0.1) is 0 Å². The third kappa shape index (κ3) is 3.31. The summed E-state index contributed by atoms with van der Waals surface area (Å²) in [6.07, 6.45) is 2.25. The molecule has 0 bridgehead atoms. The maximum absolute atomic E-state index is 10.2. The maximum Gasteiger partial charge on any atom is 0.316 e. The molecule has 1 atom stereocenters. The van der Waals surface area contributed by atoms with E-state index in [0.717, 1.165) is 0 Å². The molecule has 0 aliphatic rings. The van der Waals surface area contributed by atoms with E-state index < -0.39 is 6.10 Å². The smallest absolute Gasteiger partial charge is 0.316 e. The second-order valence-corrected chi connectivity index (χ2v) is 4.60. The number of aromatic nitrogens is 2. The lowest BCUT2D eigenvalue weighted by Gasteiger charge is -2.12. The highest BCUT2D eigenvalue weighted by Crippen LogP contribution is 2.21. The number of aliphatic hydroxyl groups excluding tert-OH is 1. The summed E-state index contributed by atoms with van der Waals surface area (Å²) in [5.41, 5.74) is 1.81. The Kier molecular flexibility index (Phi) is 4.28. The van der Waals surface area contributed by atoms with Crippen molar-refractivity contribution in [2.24, 2.45) is 0 Å². The van der Waals surface area contributed by atoms with E-state index in [0.29, 0.717) is 16.7 Å². The van der Waals surface area contributed by atoms with E-state index in [4.69, 9.17) is 10.00 Å². The fourth-order valence-corrected chi connectivity index (χ4v) is 1.67. The van der Waals surface area contributed by atoms with E-state index in [1.807, 2.05) is 19.9 Å². The van der Waals surface area contributed by atoms with Crippen LogP contribution in [0.15, 0.2) is 36.7 Å².